The largest absolute Gasteiger partial charge is 0.339 e. The van der Waals surface area contributed by atoms with E-state index in [2.05, 4.69) is 35.9 Å². The number of aromatic nitrogens is 3. The second-order valence-electron chi connectivity index (χ2n) is 7.61. The molecule has 1 unspecified atom stereocenters. The van der Waals surface area contributed by atoms with Gasteiger partial charge in [0.15, 0.2) is 5.82 Å². The molecule has 0 aliphatic carbocycles. The summed E-state index contributed by atoms with van der Waals surface area (Å²) in [5.41, 5.74) is 1.13. The Bertz CT molecular complexity index is 691. The fourth-order valence-corrected chi connectivity index (χ4v) is 2.80. The minimum atomic E-state index is -0.0166. The van der Waals surface area contributed by atoms with Crippen molar-refractivity contribution in [2.24, 2.45) is 5.41 Å². The summed E-state index contributed by atoms with van der Waals surface area (Å²) in [5, 5.41) is 4.07. The fraction of sp³-hybridized carbons (Fsp3) is 0.556. The first-order valence-corrected chi connectivity index (χ1v) is 8.41. The maximum Gasteiger partial charge on any atom is 0.232 e. The molecule has 1 saturated heterocycles. The topological polar surface area (TPSA) is 72.1 Å². The predicted molar refractivity (Wildman–Crippen MR) is 89.1 cm³/mol. The maximum atomic E-state index is 12.2. The van der Waals surface area contributed by atoms with Crippen LogP contribution in [-0.2, 0) is 17.8 Å². The van der Waals surface area contributed by atoms with Crippen LogP contribution in [0, 0.1) is 5.41 Å². The van der Waals surface area contributed by atoms with Crippen molar-refractivity contribution in [3.63, 3.8) is 0 Å². The molecule has 1 fully saturated rings. The van der Waals surface area contributed by atoms with Gasteiger partial charge in [-0.3, -0.25) is 9.78 Å². The lowest BCUT2D eigenvalue weighted by Crippen LogP contribution is -2.24. The lowest BCUT2D eigenvalue weighted by molar-refractivity contribution is -0.128. The minimum absolute atomic E-state index is 0.0166. The van der Waals surface area contributed by atoms with E-state index in [4.69, 9.17) is 4.52 Å². The number of carbonyl (C=O) groups excluding carboxylic acids is 1. The molecular weight excluding hydrogens is 304 g/mol. The molecule has 3 heterocycles. The SMILES string of the molecule is CC(C)(C)CCc1noc(C2CC(=O)N(Cc3ccccn3)C2)n1. The van der Waals surface area contributed by atoms with Crippen LogP contribution in [0.1, 0.15) is 56.9 Å². The van der Waals surface area contributed by atoms with E-state index in [-0.39, 0.29) is 17.2 Å². The number of hydrogen-bond donors (Lipinski definition) is 0. The van der Waals surface area contributed by atoms with Crippen LogP contribution in [0.5, 0.6) is 0 Å². The minimum Gasteiger partial charge on any atom is -0.339 e. The summed E-state index contributed by atoms with van der Waals surface area (Å²) in [6.07, 6.45) is 3.97. The van der Waals surface area contributed by atoms with Gasteiger partial charge in [-0.25, -0.2) is 0 Å². The van der Waals surface area contributed by atoms with Crippen molar-refractivity contribution < 1.29 is 9.32 Å². The van der Waals surface area contributed by atoms with E-state index in [1.807, 2.05) is 23.1 Å². The van der Waals surface area contributed by atoms with Gasteiger partial charge in [-0.05, 0) is 24.0 Å². The van der Waals surface area contributed by atoms with E-state index in [9.17, 15) is 4.79 Å². The van der Waals surface area contributed by atoms with Crippen molar-refractivity contribution in [2.45, 2.75) is 52.5 Å². The molecule has 1 atom stereocenters. The molecule has 6 nitrogen and oxygen atoms in total. The highest BCUT2D eigenvalue weighted by Crippen LogP contribution is 2.28. The van der Waals surface area contributed by atoms with Gasteiger partial charge < -0.3 is 9.42 Å². The smallest absolute Gasteiger partial charge is 0.232 e. The number of likely N-dealkylation sites (tertiary alicyclic amines) is 1. The average Bonchev–Trinajstić information content (AvgIpc) is 3.13. The molecule has 1 aliphatic rings. The number of aryl methyl sites for hydroxylation is 1. The van der Waals surface area contributed by atoms with Crippen LogP contribution < -0.4 is 0 Å². The Labute approximate surface area is 142 Å². The highest BCUT2D eigenvalue weighted by molar-refractivity contribution is 5.79. The van der Waals surface area contributed by atoms with E-state index in [0.29, 0.717) is 25.4 Å². The number of nitrogens with zero attached hydrogens (tertiary/aromatic N) is 4. The molecule has 1 aliphatic heterocycles. The first-order chi connectivity index (χ1) is 11.4. The van der Waals surface area contributed by atoms with Gasteiger partial charge in [0, 0.05) is 25.6 Å². The van der Waals surface area contributed by atoms with Gasteiger partial charge in [-0.2, -0.15) is 4.98 Å². The van der Waals surface area contributed by atoms with Crippen LogP contribution in [0.3, 0.4) is 0 Å². The van der Waals surface area contributed by atoms with Crippen molar-refractivity contribution >= 4 is 5.91 Å². The number of rotatable bonds is 5. The van der Waals surface area contributed by atoms with Gasteiger partial charge in [0.1, 0.15) is 0 Å². The van der Waals surface area contributed by atoms with Crippen molar-refractivity contribution in [3.8, 4) is 0 Å². The molecule has 1 amide bonds. The maximum absolute atomic E-state index is 12.2. The van der Waals surface area contributed by atoms with E-state index < -0.39 is 0 Å². The summed E-state index contributed by atoms with van der Waals surface area (Å²) >= 11 is 0. The van der Waals surface area contributed by atoms with Crippen LogP contribution >= 0.6 is 0 Å². The molecule has 6 heteroatoms. The van der Waals surface area contributed by atoms with Crippen LogP contribution in [0.4, 0.5) is 0 Å². The third-order valence-electron chi connectivity index (χ3n) is 4.23. The molecule has 0 saturated carbocycles. The van der Waals surface area contributed by atoms with Gasteiger partial charge >= 0.3 is 0 Å². The lowest BCUT2D eigenvalue weighted by atomic mass is 9.90. The zero-order valence-corrected chi connectivity index (χ0v) is 14.5. The van der Waals surface area contributed by atoms with Gasteiger partial charge in [0.05, 0.1) is 18.2 Å². The molecule has 2 aromatic rings. The first kappa shape index (κ1) is 16.6. The monoisotopic (exact) mass is 328 g/mol. The standard InChI is InChI=1S/C18H24N4O2/c1-18(2,3)8-7-15-20-17(24-21-15)13-10-16(23)22(11-13)12-14-6-4-5-9-19-14/h4-6,9,13H,7-8,10-12H2,1-3H3. The zero-order chi connectivity index (χ0) is 17.2. The molecular formula is C18H24N4O2. The highest BCUT2D eigenvalue weighted by Gasteiger charge is 2.34. The van der Waals surface area contributed by atoms with Crippen LogP contribution in [0.25, 0.3) is 0 Å². The van der Waals surface area contributed by atoms with Gasteiger partial charge in [0.2, 0.25) is 11.8 Å². The van der Waals surface area contributed by atoms with Crippen molar-refractivity contribution in [1.29, 1.82) is 0 Å². The molecule has 0 N–H and O–H groups in total. The van der Waals surface area contributed by atoms with Gasteiger partial charge in [0.25, 0.3) is 0 Å². The Kier molecular flexibility index (Phi) is 4.64. The second kappa shape index (κ2) is 6.71. The fourth-order valence-electron chi connectivity index (χ4n) is 2.80. The quantitative estimate of drug-likeness (QED) is 0.844. The summed E-state index contributed by atoms with van der Waals surface area (Å²) in [6, 6.07) is 5.73. The summed E-state index contributed by atoms with van der Waals surface area (Å²) in [4.78, 5) is 22.8. The molecule has 0 aromatic carbocycles. The predicted octanol–water partition coefficient (Wildman–Crippen LogP) is 2.96. The molecule has 3 rings (SSSR count). The Hall–Kier alpha value is -2.24. The van der Waals surface area contributed by atoms with E-state index in [1.54, 1.807) is 6.20 Å². The van der Waals surface area contributed by atoms with E-state index in [1.165, 1.54) is 0 Å². The van der Waals surface area contributed by atoms with E-state index in [0.717, 1.165) is 24.4 Å². The van der Waals surface area contributed by atoms with Crippen molar-refractivity contribution in [1.82, 2.24) is 20.0 Å². The Morgan fingerprint density at radius 2 is 2.17 bits per heavy atom. The number of amides is 1. The Balaban J connectivity index is 1.60. The van der Waals surface area contributed by atoms with Gasteiger partial charge in [-0.1, -0.05) is 32.0 Å². The molecule has 0 radical (unpaired) electrons. The molecule has 2 aromatic heterocycles. The van der Waals surface area contributed by atoms with E-state index >= 15 is 0 Å². The molecule has 0 bridgehead atoms. The van der Waals surface area contributed by atoms with Crippen LogP contribution in [-0.4, -0.2) is 32.5 Å². The van der Waals surface area contributed by atoms with Crippen LogP contribution in [0.15, 0.2) is 28.9 Å². The highest BCUT2D eigenvalue weighted by atomic mass is 16.5. The lowest BCUT2D eigenvalue weighted by Gasteiger charge is -2.16. The van der Waals surface area contributed by atoms with Crippen LogP contribution in [0.2, 0.25) is 0 Å². The van der Waals surface area contributed by atoms with Gasteiger partial charge in [-0.15, -0.1) is 0 Å². The van der Waals surface area contributed by atoms with Crippen molar-refractivity contribution in [3.05, 3.63) is 41.8 Å². The third-order valence-corrected chi connectivity index (χ3v) is 4.23. The zero-order valence-electron chi connectivity index (χ0n) is 14.5. The third kappa shape index (κ3) is 4.19. The normalized spacial score (nSPS) is 18.4. The summed E-state index contributed by atoms with van der Waals surface area (Å²) in [5.74, 6) is 1.41. The summed E-state index contributed by atoms with van der Waals surface area (Å²) in [6.45, 7) is 7.72. The van der Waals surface area contributed by atoms with Crippen molar-refractivity contribution in [2.75, 3.05) is 6.54 Å². The average molecular weight is 328 g/mol. The molecule has 24 heavy (non-hydrogen) atoms. The Morgan fingerprint density at radius 1 is 1.33 bits per heavy atom. The number of carbonyl (C=O) groups is 1. The Morgan fingerprint density at radius 3 is 2.88 bits per heavy atom. The number of pyridine rings is 1. The second-order valence-corrected chi connectivity index (χ2v) is 7.61. The summed E-state index contributed by atoms with van der Waals surface area (Å²) < 4.78 is 5.41. The first-order valence-electron chi connectivity index (χ1n) is 8.41. The number of hydrogen-bond acceptors (Lipinski definition) is 5. The molecule has 0 spiro atoms. The molecule has 128 valence electrons. The summed E-state index contributed by atoms with van der Waals surface area (Å²) in [7, 11) is 0.